The predicted octanol–water partition coefficient (Wildman–Crippen LogP) is 1.93. The minimum Gasteiger partial charge on any atom is -0.481 e. The topological polar surface area (TPSA) is 66.4 Å². The lowest BCUT2D eigenvalue weighted by Crippen LogP contribution is -2.27. The van der Waals surface area contributed by atoms with Gasteiger partial charge in [0, 0.05) is 11.4 Å². The van der Waals surface area contributed by atoms with Crippen molar-refractivity contribution in [2.45, 2.75) is 24.2 Å². The molecule has 2 N–H and O–H groups in total. The number of rotatable bonds is 7. The van der Waals surface area contributed by atoms with E-state index >= 15 is 0 Å². The molecular weight excluding hydrogens is 262 g/mol. The number of aliphatic carboxylic acids is 1. The van der Waals surface area contributed by atoms with Crippen molar-refractivity contribution in [3.05, 3.63) is 29.8 Å². The molecule has 1 aliphatic rings. The van der Waals surface area contributed by atoms with Crippen molar-refractivity contribution in [2.24, 2.45) is 5.92 Å². The summed E-state index contributed by atoms with van der Waals surface area (Å²) in [5, 5.41) is 11.6. The van der Waals surface area contributed by atoms with Crippen molar-refractivity contribution in [2.75, 3.05) is 12.3 Å². The van der Waals surface area contributed by atoms with E-state index in [1.165, 1.54) is 24.6 Å². The molecule has 0 heterocycles. The van der Waals surface area contributed by atoms with Gasteiger partial charge >= 0.3 is 5.97 Å². The quantitative estimate of drug-likeness (QED) is 0.748. The van der Waals surface area contributed by atoms with Crippen LogP contribution in [-0.2, 0) is 16.0 Å². The van der Waals surface area contributed by atoms with E-state index in [0.717, 1.165) is 17.0 Å². The van der Waals surface area contributed by atoms with E-state index < -0.39 is 5.97 Å². The molecule has 0 unspecified atom stereocenters. The standard InChI is InChI=1S/C14H17NO3S/c16-13(15-8-11-1-2-11)9-19-12-5-3-10(4-6-12)7-14(17)18/h3-6,11H,1-2,7-9H2,(H,15,16)(H,17,18). The summed E-state index contributed by atoms with van der Waals surface area (Å²) in [4.78, 5) is 23.1. The van der Waals surface area contributed by atoms with Crippen LogP contribution in [0.15, 0.2) is 29.2 Å². The number of hydrogen-bond donors (Lipinski definition) is 2. The molecule has 5 heteroatoms. The smallest absolute Gasteiger partial charge is 0.307 e. The fraction of sp³-hybridized carbons (Fsp3) is 0.429. The second kappa shape index (κ2) is 6.61. The number of carboxylic acid groups (broad SMARTS) is 1. The number of nitrogens with one attached hydrogen (secondary N) is 1. The molecule has 102 valence electrons. The average Bonchev–Trinajstić information content (AvgIpc) is 3.19. The number of benzene rings is 1. The van der Waals surface area contributed by atoms with Crippen LogP contribution in [0.5, 0.6) is 0 Å². The van der Waals surface area contributed by atoms with E-state index in [1.807, 2.05) is 12.1 Å². The summed E-state index contributed by atoms with van der Waals surface area (Å²) in [5.41, 5.74) is 0.773. The van der Waals surface area contributed by atoms with Gasteiger partial charge in [-0.3, -0.25) is 9.59 Å². The van der Waals surface area contributed by atoms with E-state index in [0.29, 0.717) is 11.7 Å². The van der Waals surface area contributed by atoms with Gasteiger partial charge in [0.1, 0.15) is 0 Å². The summed E-state index contributed by atoms with van der Waals surface area (Å²) < 4.78 is 0. The van der Waals surface area contributed by atoms with Crippen LogP contribution >= 0.6 is 11.8 Å². The number of carboxylic acids is 1. The van der Waals surface area contributed by atoms with Gasteiger partial charge in [-0.05, 0) is 36.5 Å². The van der Waals surface area contributed by atoms with Crippen molar-refractivity contribution in [1.29, 1.82) is 0 Å². The Balaban J connectivity index is 1.72. The summed E-state index contributed by atoms with van der Waals surface area (Å²) in [7, 11) is 0. The third kappa shape index (κ3) is 5.34. The van der Waals surface area contributed by atoms with Crippen LogP contribution in [0.3, 0.4) is 0 Å². The van der Waals surface area contributed by atoms with Gasteiger partial charge in [0.05, 0.1) is 12.2 Å². The highest BCUT2D eigenvalue weighted by Gasteiger charge is 2.21. The Morgan fingerprint density at radius 1 is 1.26 bits per heavy atom. The highest BCUT2D eigenvalue weighted by Crippen LogP contribution is 2.27. The normalized spacial score (nSPS) is 14.1. The second-order valence-electron chi connectivity index (χ2n) is 4.75. The zero-order valence-electron chi connectivity index (χ0n) is 10.6. The second-order valence-corrected chi connectivity index (χ2v) is 5.80. The van der Waals surface area contributed by atoms with E-state index in [-0.39, 0.29) is 12.3 Å². The van der Waals surface area contributed by atoms with Crippen LogP contribution in [-0.4, -0.2) is 29.3 Å². The third-order valence-corrected chi connectivity index (χ3v) is 3.95. The third-order valence-electron chi connectivity index (χ3n) is 2.93. The molecule has 0 aliphatic heterocycles. The van der Waals surface area contributed by atoms with Crippen LogP contribution in [0.1, 0.15) is 18.4 Å². The Kier molecular flexibility index (Phi) is 4.85. The van der Waals surface area contributed by atoms with Crippen molar-refractivity contribution >= 4 is 23.6 Å². The lowest BCUT2D eigenvalue weighted by molar-refractivity contribution is -0.136. The van der Waals surface area contributed by atoms with Gasteiger partial charge in [-0.25, -0.2) is 0 Å². The minimum atomic E-state index is -0.833. The molecule has 1 saturated carbocycles. The van der Waals surface area contributed by atoms with E-state index in [4.69, 9.17) is 5.11 Å². The summed E-state index contributed by atoms with van der Waals surface area (Å²) in [5.74, 6) is 0.334. The van der Waals surface area contributed by atoms with E-state index in [9.17, 15) is 9.59 Å². The number of thioether (sulfide) groups is 1. The first-order valence-electron chi connectivity index (χ1n) is 6.33. The Bertz CT molecular complexity index is 454. The molecule has 0 radical (unpaired) electrons. The Labute approximate surface area is 116 Å². The predicted molar refractivity (Wildman–Crippen MR) is 74.2 cm³/mol. The molecule has 0 bridgehead atoms. The first-order chi connectivity index (χ1) is 9.13. The molecule has 2 rings (SSSR count). The number of hydrogen-bond acceptors (Lipinski definition) is 3. The molecule has 0 spiro atoms. The molecule has 1 aliphatic carbocycles. The monoisotopic (exact) mass is 279 g/mol. The molecule has 1 aromatic carbocycles. The first-order valence-corrected chi connectivity index (χ1v) is 7.32. The maximum atomic E-state index is 11.6. The van der Waals surface area contributed by atoms with Gasteiger partial charge < -0.3 is 10.4 Å². The van der Waals surface area contributed by atoms with Crippen LogP contribution in [0, 0.1) is 5.92 Å². The summed E-state index contributed by atoms with van der Waals surface area (Å²) in [6.45, 7) is 0.803. The number of amides is 1. The average molecular weight is 279 g/mol. The molecule has 0 saturated heterocycles. The van der Waals surface area contributed by atoms with Gasteiger partial charge in [0.15, 0.2) is 0 Å². The molecule has 0 atom stereocenters. The maximum Gasteiger partial charge on any atom is 0.307 e. The van der Waals surface area contributed by atoms with Crippen molar-refractivity contribution < 1.29 is 14.7 Å². The molecule has 4 nitrogen and oxygen atoms in total. The van der Waals surface area contributed by atoms with Gasteiger partial charge in [0.25, 0.3) is 0 Å². The number of carbonyl (C=O) groups is 2. The van der Waals surface area contributed by atoms with Gasteiger partial charge in [-0.15, -0.1) is 11.8 Å². The van der Waals surface area contributed by atoms with Crippen LogP contribution in [0.4, 0.5) is 0 Å². The molecule has 19 heavy (non-hydrogen) atoms. The van der Waals surface area contributed by atoms with Crippen molar-refractivity contribution in [3.8, 4) is 0 Å². The van der Waals surface area contributed by atoms with Crippen LogP contribution in [0.2, 0.25) is 0 Å². The minimum absolute atomic E-state index is 0.0345. The van der Waals surface area contributed by atoms with Crippen molar-refractivity contribution in [1.82, 2.24) is 5.32 Å². The number of carbonyl (C=O) groups excluding carboxylic acids is 1. The summed E-state index contributed by atoms with van der Waals surface area (Å²) in [6, 6.07) is 7.30. The molecule has 1 fully saturated rings. The fourth-order valence-electron chi connectivity index (χ4n) is 1.66. The zero-order chi connectivity index (χ0) is 13.7. The Hall–Kier alpha value is -1.49. The van der Waals surface area contributed by atoms with Gasteiger partial charge in [-0.2, -0.15) is 0 Å². The van der Waals surface area contributed by atoms with E-state index in [1.54, 1.807) is 12.1 Å². The lowest BCUT2D eigenvalue weighted by Gasteiger charge is -2.04. The SMILES string of the molecule is O=C(O)Cc1ccc(SCC(=O)NCC2CC2)cc1. The van der Waals surface area contributed by atoms with Crippen LogP contribution < -0.4 is 5.32 Å². The Morgan fingerprint density at radius 3 is 2.53 bits per heavy atom. The van der Waals surface area contributed by atoms with Gasteiger partial charge in [-0.1, -0.05) is 12.1 Å². The van der Waals surface area contributed by atoms with Gasteiger partial charge in [0.2, 0.25) is 5.91 Å². The van der Waals surface area contributed by atoms with Crippen molar-refractivity contribution in [3.63, 3.8) is 0 Å². The largest absolute Gasteiger partial charge is 0.481 e. The maximum absolute atomic E-state index is 11.6. The molecule has 1 amide bonds. The first kappa shape index (κ1) is 13.9. The molecular formula is C14H17NO3S. The molecule has 0 aromatic heterocycles. The summed E-state index contributed by atoms with van der Waals surface area (Å²) >= 11 is 1.47. The van der Waals surface area contributed by atoms with E-state index in [2.05, 4.69) is 5.32 Å². The highest BCUT2D eigenvalue weighted by atomic mass is 32.2. The lowest BCUT2D eigenvalue weighted by atomic mass is 10.2. The highest BCUT2D eigenvalue weighted by molar-refractivity contribution is 8.00. The fourth-order valence-corrected chi connectivity index (χ4v) is 2.39. The summed E-state index contributed by atoms with van der Waals surface area (Å²) in [6.07, 6.45) is 2.50. The zero-order valence-corrected chi connectivity index (χ0v) is 11.4. The van der Waals surface area contributed by atoms with Crippen LogP contribution in [0.25, 0.3) is 0 Å². The Morgan fingerprint density at radius 2 is 1.95 bits per heavy atom. The molecule has 1 aromatic rings.